The van der Waals surface area contributed by atoms with Crippen LogP contribution in [0, 0.1) is 0 Å². The lowest BCUT2D eigenvalue weighted by Gasteiger charge is -2.01. The molecule has 1 heterocycles. The van der Waals surface area contributed by atoms with E-state index < -0.39 is 0 Å². The lowest BCUT2D eigenvalue weighted by molar-refractivity contribution is 0.819. The number of hydrogen-bond donors (Lipinski definition) is 1. The number of fused-ring (bicyclic) bond motifs is 1. The highest BCUT2D eigenvalue weighted by Crippen LogP contribution is 2.12. The van der Waals surface area contributed by atoms with Gasteiger partial charge in [0.05, 0.1) is 12.4 Å². The number of nitrogens with zero attached hydrogens (tertiary/aromatic N) is 2. The molecule has 1 aromatic heterocycles. The molecule has 0 unspecified atom stereocenters. The maximum atomic E-state index is 3.84. The predicted molar refractivity (Wildman–Crippen MR) is 52.3 cm³/mol. The van der Waals surface area contributed by atoms with Crippen molar-refractivity contribution < 1.29 is 0 Å². The van der Waals surface area contributed by atoms with Crippen LogP contribution >= 0.6 is 0 Å². The minimum atomic E-state index is 0.887. The fourth-order valence-corrected chi connectivity index (χ4v) is 1.36. The first-order valence-corrected chi connectivity index (χ1v) is 4.24. The van der Waals surface area contributed by atoms with Crippen LogP contribution in [0.1, 0.15) is 5.56 Å². The van der Waals surface area contributed by atoms with Gasteiger partial charge in [-0.3, -0.25) is 0 Å². The van der Waals surface area contributed by atoms with Gasteiger partial charge in [0.15, 0.2) is 0 Å². The summed E-state index contributed by atoms with van der Waals surface area (Å²) in [5.74, 6) is 0. The summed E-state index contributed by atoms with van der Waals surface area (Å²) in [6.45, 7) is 0.887. The van der Waals surface area contributed by atoms with Crippen molar-refractivity contribution >= 4 is 10.8 Å². The SMILES string of the molecule is CNCc1ccc2cnncc2c1. The number of rotatable bonds is 2. The molecule has 2 aromatic rings. The minimum absolute atomic E-state index is 0.887. The van der Waals surface area contributed by atoms with Gasteiger partial charge in [0.2, 0.25) is 0 Å². The molecule has 66 valence electrons. The Labute approximate surface area is 76.8 Å². The fraction of sp³-hybridized carbons (Fsp3) is 0.200. The zero-order chi connectivity index (χ0) is 9.10. The number of nitrogens with one attached hydrogen (secondary N) is 1. The van der Waals surface area contributed by atoms with Crippen molar-refractivity contribution in [1.29, 1.82) is 0 Å². The van der Waals surface area contributed by atoms with E-state index in [1.54, 1.807) is 12.4 Å². The van der Waals surface area contributed by atoms with Crippen LogP contribution in [-0.4, -0.2) is 17.2 Å². The lowest BCUT2D eigenvalue weighted by atomic mass is 10.1. The Kier molecular flexibility index (Phi) is 2.19. The molecule has 0 fully saturated rings. The van der Waals surface area contributed by atoms with Crippen molar-refractivity contribution in [1.82, 2.24) is 15.5 Å². The Hall–Kier alpha value is -1.48. The first-order valence-electron chi connectivity index (χ1n) is 4.24. The summed E-state index contributed by atoms with van der Waals surface area (Å²) < 4.78 is 0. The molecule has 2 rings (SSSR count). The highest BCUT2D eigenvalue weighted by molar-refractivity contribution is 5.81. The van der Waals surface area contributed by atoms with E-state index in [1.807, 2.05) is 7.05 Å². The summed E-state index contributed by atoms with van der Waals surface area (Å²) in [7, 11) is 1.94. The maximum Gasteiger partial charge on any atom is 0.0574 e. The first-order chi connectivity index (χ1) is 6.40. The third-order valence-corrected chi connectivity index (χ3v) is 1.99. The second-order valence-corrected chi connectivity index (χ2v) is 2.98. The summed E-state index contributed by atoms with van der Waals surface area (Å²) in [6.07, 6.45) is 3.56. The van der Waals surface area contributed by atoms with Crippen LogP contribution in [0.2, 0.25) is 0 Å². The molecule has 0 atom stereocenters. The van der Waals surface area contributed by atoms with E-state index in [0.29, 0.717) is 0 Å². The monoisotopic (exact) mass is 173 g/mol. The summed E-state index contributed by atoms with van der Waals surface area (Å²) in [4.78, 5) is 0. The summed E-state index contributed by atoms with van der Waals surface area (Å²) in [5.41, 5.74) is 1.27. The number of aromatic nitrogens is 2. The van der Waals surface area contributed by atoms with Gasteiger partial charge in [0.25, 0.3) is 0 Å². The molecule has 13 heavy (non-hydrogen) atoms. The van der Waals surface area contributed by atoms with E-state index in [1.165, 1.54) is 5.56 Å². The quantitative estimate of drug-likeness (QED) is 0.745. The average Bonchev–Trinajstić information content (AvgIpc) is 2.18. The molecule has 3 nitrogen and oxygen atoms in total. The number of hydrogen-bond acceptors (Lipinski definition) is 3. The summed E-state index contributed by atoms with van der Waals surface area (Å²) >= 11 is 0. The lowest BCUT2D eigenvalue weighted by Crippen LogP contribution is -2.04. The Bertz CT molecular complexity index is 412. The average molecular weight is 173 g/mol. The Morgan fingerprint density at radius 1 is 1.15 bits per heavy atom. The van der Waals surface area contributed by atoms with Gasteiger partial charge in [-0.25, -0.2) is 0 Å². The van der Waals surface area contributed by atoms with Crippen molar-refractivity contribution in [2.24, 2.45) is 0 Å². The molecule has 0 saturated carbocycles. The molecule has 0 aliphatic carbocycles. The molecule has 1 aromatic carbocycles. The zero-order valence-corrected chi connectivity index (χ0v) is 7.49. The van der Waals surface area contributed by atoms with Crippen molar-refractivity contribution in [3.8, 4) is 0 Å². The van der Waals surface area contributed by atoms with Gasteiger partial charge < -0.3 is 5.32 Å². The van der Waals surface area contributed by atoms with E-state index in [9.17, 15) is 0 Å². The van der Waals surface area contributed by atoms with Gasteiger partial charge >= 0.3 is 0 Å². The van der Waals surface area contributed by atoms with Gasteiger partial charge in [0.1, 0.15) is 0 Å². The van der Waals surface area contributed by atoms with E-state index >= 15 is 0 Å². The largest absolute Gasteiger partial charge is 0.316 e. The van der Waals surface area contributed by atoms with Crippen LogP contribution in [0.3, 0.4) is 0 Å². The van der Waals surface area contributed by atoms with Gasteiger partial charge in [-0.1, -0.05) is 12.1 Å². The van der Waals surface area contributed by atoms with E-state index in [2.05, 4.69) is 33.7 Å². The fourth-order valence-electron chi connectivity index (χ4n) is 1.36. The Balaban J connectivity index is 2.49. The van der Waals surface area contributed by atoms with Gasteiger partial charge in [-0.2, -0.15) is 10.2 Å². The third-order valence-electron chi connectivity index (χ3n) is 1.99. The van der Waals surface area contributed by atoms with Gasteiger partial charge in [-0.05, 0) is 18.7 Å². The first kappa shape index (κ1) is 8.13. The molecule has 0 saturated heterocycles. The summed E-state index contributed by atoms with van der Waals surface area (Å²) in [6, 6.07) is 6.29. The van der Waals surface area contributed by atoms with Crippen molar-refractivity contribution in [2.75, 3.05) is 7.05 Å². The molecule has 0 aliphatic heterocycles. The van der Waals surface area contributed by atoms with Crippen LogP contribution in [-0.2, 0) is 6.54 Å². The normalized spacial score (nSPS) is 10.5. The van der Waals surface area contributed by atoms with Crippen LogP contribution in [0.15, 0.2) is 30.6 Å². The van der Waals surface area contributed by atoms with Gasteiger partial charge in [-0.15, -0.1) is 0 Å². The highest BCUT2D eigenvalue weighted by Gasteiger charge is 1.95. The van der Waals surface area contributed by atoms with Crippen molar-refractivity contribution in [3.63, 3.8) is 0 Å². The smallest absolute Gasteiger partial charge is 0.0574 e. The maximum absolute atomic E-state index is 3.84. The van der Waals surface area contributed by atoms with E-state index in [-0.39, 0.29) is 0 Å². The van der Waals surface area contributed by atoms with E-state index in [4.69, 9.17) is 0 Å². The third kappa shape index (κ3) is 1.65. The van der Waals surface area contributed by atoms with Crippen LogP contribution in [0.25, 0.3) is 10.8 Å². The molecular formula is C10H11N3. The second kappa shape index (κ2) is 3.49. The second-order valence-electron chi connectivity index (χ2n) is 2.98. The molecule has 0 bridgehead atoms. The van der Waals surface area contributed by atoms with Crippen LogP contribution in [0.4, 0.5) is 0 Å². The van der Waals surface area contributed by atoms with Gasteiger partial charge in [0, 0.05) is 17.3 Å². The molecule has 3 heteroatoms. The molecule has 0 radical (unpaired) electrons. The summed E-state index contributed by atoms with van der Waals surface area (Å²) in [5, 5.41) is 13.1. The molecule has 1 N–H and O–H groups in total. The van der Waals surface area contributed by atoms with E-state index in [0.717, 1.165) is 17.3 Å². The predicted octanol–water partition coefficient (Wildman–Crippen LogP) is 1.35. The molecule has 0 amide bonds. The molecular weight excluding hydrogens is 162 g/mol. The van der Waals surface area contributed by atoms with Crippen LogP contribution in [0.5, 0.6) is 0 Å². The van der Waals surface area contributed by atoms with Crippen LogP contribution < -0.4 is 5.32 Å². The molecule has 0 aliphatic rings. The standard InChI is InChI=1S/C10H11N3/c1-11-5-8-2-3-9-6-12-13-7-10(9)4-8/h2-4,6-7,11H,5H2,1H3. The van der Waals surface area contributed by atoms with Crippen molar-refractivity contribution in [3.05, 3.63) is 36.2 Å². The highest BCUT2D eigenvalue weighted by atomic mass is 15.1. The Morgan fingerprint density at radius 3 is 2.69 bits per heavy atom. The van der Waals surface area contributed by atoms with Crippen molar-refractivity contribution in [2.45, 2.75) is 6.54 Å². The number of benzene rings is 1. The molecule has 0 spiro atoms. The Morgan fingerprint density at radius 2 is 1.92 bits per heavy atom. The minimum Gasteiger partial charge on any atom is -0.316 e. The topological polar surface area (TPSA) is 37.8 Å². The zero-order valence-electron chi connectivity index (χ0n) is 7.49.